The number of hydrogen-bond donors (Lipinski definition) is 2. The van der Waals surface area contributed by atoms with Crippen LogP contribution >= 0.6 is 23.4 Å². The Labute approximate surface area is 212 Å². The summed E-state index contributed by atoms with van der Waals surface area (Å²) in [5.41, 5.74) is 2.25. The van der Waals surface area contributed by atoms with Gasteiger partial charge in [-0.1, -0.05) is 47.6 Å². The Kier molecular flexibility index (Phi) is 8.12. The highest BCUT2D eigenvalue weighted by Gasteiger charge is 2.17. The van der Waals surface area contributed by atoms with Crippen LogP contribution in [0.4, 0.5) is 11.4 Å². The number of carbonyl (C=O) groups excluding carboxylic acids is 1. The number of amides is 1. The molecule has 1 heterocycles. The fourth-order valence-electron chi connectivity index (χ4n) is 3.34. The van der Waals surface area contributed by atoms with Crippen LogP contribution in [-0.4, -0.2) is 40.6 Å². The molecule has 4 aromatic rings. The molecule has 35 heavy (non-hydrogen) atoms. The molecular formula is C25H24ClN5O3S. The zero-order valence-corrected chi connectivity index (χ0v) is 20.8. The van der Waals surface area contributed by atoms with Crippen molar-refractivity contribution in [1.29, 1.82) is 0 Å². The van der Waals surface area contributed by atoms with Crippen molar-refractivity contribution >= 4 is 40.6 Å². The minimum atomic E-state index is -0.181. The maximum atomic E-state index is 12.7. The maximum absolute atomic E-state index is 12.7. The van der Waals surface area contributed by atoms with E-state index in [2.05, 4.69) is 20.8 Å². The van der Waals surface area contributed by atoms with Gasteiger partial charge in [0, 0.05) is 5.69 Å². The highest BCUT2D eigenvalue weighted by molar-refractivity contribution is 7.99. The molecule has 8 nitrogen and oxygen atoms in total. The first-order chi connectivity index (χ1) is 17.1. The molecule has 0 aliphatic rings. The predicted molar refractivity (Wildman–Crippen MR) is 139 cm³/mol. The number of rotatable bonds is 10. The van der Waals surface area contributed by atoms with Gasteiger partial charge in [-0.2, -0.15) is 0 Å². The number of halogens is 1. The van der Waals surface area contributed by atoms with Crippen LogP contribution in [0.25, 0.3) is 5.69 Å². The number of aromatic nitrogens is 3. The van der Waals surface area contributed by atoms with Gasteiger partial charge in [-0.15, -0.1) is 10.2 Å². The van der Waals surface area contributed by atoms with E-state index in [9.17, 15) is 4.79 Å². The van der Waals surface area contributed by atoms with Gasteiger partial charge in [0.05, 0.1) is 42.9 Å². The monoisotopic (exact) mass is 509 g/mol. The number of ether oxygens (including phenoxy) is 2. The van der Waals surface area contributed by atoms with Crippen LogP contribution in [0.3, 0.4) is 0 Å². The van der Waals surface area contributed by atoms with Crippen molar-refractivity contribution < 1.29 is 14.3 Å². The fraction of sp³-hybridized carbons (Fsp3) is 0.160. The van der Waals surface area contributed by atoms with E-state index in [1.807, 2.05) is 65.2 Å². The average Bonchev–Trinajstić information content (AvgIpc) is 3.30. The zero-order valence-electron chi connectivity index (χ0n) is 19.2. The number of anilines is 2. The van der Waals surface area contributed by atoms with Gasteiger partial charge in [0.2, 0.25) is 5.91 Å². The Morgan fingerprint density at radius 1 is 0.943 bits per heavy atom. The molecule has 1 aromatic heterocycles. The van der Waals surface area contributed by atoms with Crippen LogP contribution < -0.4 is 20.1 Å². The first-order valence-electron chi connectivity index (χ1n) is 10.7. The molecule has 0 aliphatic heterocycles. The van der Waals surface area contributed by atoms with Gasteiger partial charge in [0.15, 0.2) is 11.0 Å². The molecular weight excluding hydrogens is 486 g/mol. The lowest BCUT2D eigenvalue weighted by Gasteiger charge is -2.13. The summed E-state index contributed by atoms with van der Waals surface area (Å²) < 4.78 is 12.5. The molecule has 0 radical (unpaired) electrons. The first kappa shape index (κ1) is 24.4. The zero-order chi connectivity index (χ0) is 24.6. The summed E-state index contributed by atoms with van der Waals surface area (Å²) in [5.74, 6) is 1.97. The maximum Gasteiger partial charge on any atom is 0.234 e. The van der Waals surface area contributed by atoms with Crippen molar-refractivity contribution in [3.63, 3.8) is 0 Å². The van der Waals surface area contributed by atoms with Crippen molar-refractivity contribution in [2.75, 3.05) is 30.6 Å². The Morgan fingerprint density at radius 2 is 1.66 bits per heavy atom. The minimum Gasteiger partial charge on any atom is -0.497 e. The molecule has 0 bridgehead atoms. The van der Waals surface area contributed by atoms with Gasteiger partial charge >= 0.3 is 0 Å². The number of para-hydroxylation sites is 3. The highest BCUT2D eigenvalue weighted by atomic mass is 35.5. The van der Waals surface area contributed by atoms with Crippen molar-refractivity contribution in [3.8, 4) is 17.2 Å². The number of benzene rings is 3. The topological polar surface area (TPSA) is 90.3 Å². The molecule has 0 aliphatic carbocycles. The van der Waals surface area contributed by atoms with E-state index in [1.165, 1.54) is 11.8 Å². The third kappa shape index (κ3) is 6.06. The molecule has 0 unspecified atom stereocenters. The van der Waals surface area contributed by atoms with Gasteiger partial charge in [0.1, 0.15) is 11.5 Å². The van der Waals surface area contributed by atoms with E-state index in [-0.39, 0.29) is 11.7 Å². The van der Waals surface area contributed by atoms with Crippen LogP contribution in [0.2, 0.25) is 5.02 Å². The van der Waals surface area contributed by atoms with Gasteiger partial charge in [0.25, 0.3) is 0 Å². The molecule has 1 amide bonds. The molecule has 0 saturated heterocycles. The number of methoxy groups -OCH3 is 2. The Hall–Kier alpha value is -3.69. The summed E-state index contributed by atoms with van der Waals surface area (Å²) in [7, 11) is 3.18. The van der Waals surface area contributed by atoms with E-state index >= 15 is 0 Å². The Bertz CT molecular complexity index is 1300. The van der Waals surface area contributed by atoms with Crippen LogP contribution in [0.1, 0.15) is 5.82 Å². The van der Waals surface area contributed by atoms with Gasteiger partial charge < -0.3 is 20.1 Å². The number of nitrogens with zero attached hydrogens (tertiary/aromatic N) is 3. The lowest BCUT2D eigenvalue weighted by atomic mass is 10.3. The largest absolute Gasteiger partial charge is 0.497 e. The quantitative estimate of drug-likeness (QED) is 0.281. The van der Waals surface area contributed by atoms with Crippen molar-refractivity contribution in [1.82, 2.24) is 14.8 Å². The summed E-state index contributed by atoms with van der Waals surface area (Å²) in [6.07, 6.45) is 0. The van der Waals surface area contributed by atoms with E-state index in [0.717, 1.165) is 17.1 Å². The average molecular weight is 510 g/mol. The molecule has 0 saturated carbocycles. The number of hydrogen-bond acceptors (Lipinski definition) is 7. The second kappa shape index (κ2) is 11.6. The van der Waals surface area contributed by atoms with Crippen LogP contribution in [0.15, 0.2) is 78.0 Å². The SMILES string of the molecule is COc1ccc(-n2c(CNc3ccccc3Cl)nnc2SCC(=O)Nc2ccccc2OC)cc1. The smallest absolute Gasteiger partial charge is 0.234 e. The van der Waals surface area contributed by atoms with E-state index in [0.29, 0.717) is 34.0 Å². The summed E-state index contributed by atoms with van der Waals surface area (Å²) in [4.78, 5) is 12.7. The second-order valence-electron chi connectivity index (χ2n) is 7.30. The number of nitrogens with one attached hydrogen (secondary N) is 2. The Balaban J connectivity index is 1.53. The van der Waals surface area contributed by atoms with Gasteiger partial charge in [-0.05, 0) is 48.5 Å². The molecule has 3 aromatic carbocycles. The first-order valence-corrected chi connectivity index (χ1v) is 12.1. The summed E-state index contributed by atoms with van der Waals surface area (Å²) >= 11 is 7.57. The summed E-state index contributed by atoms with van der Waals surface area (Å²) in [6.45, 7) is 0.386. The molecule has 0 fully saturated rings. The van der Waals surface area contributed by atoms with E-state index in [1.54, 1.807) is 26.4 Å². The molecule has 10 heteroatoms. The molecule has 0 atom stereocenters. The number of thioether (sulfide) groups is 1. The third-order valence-electron chi connectivity index (χ3n) is 5.06. The molecule has 180 valence electrons. The summed E-state index contributed by atoms with van der Waals surface area (Å²) in [6, 6.07) is 22.3. The minimum absolute atomic E-state index is 0.143. The summed E-state index contributed by atoms with van der Waals surface area (Å²) in [5, 5.41) is 16.1. The van der Waals surface area contributed by atoms with Crippen molar-refractivity contribution in [3.05, 3.63) is 83.6 Å². The third-order valence-corrected chi connectivity index (χ3v) is 6.31. The van der Waals surface area contributed by atoms with Crippen molar-refractivity contribution in [2.24, 2.45) is 0 Å². The second-order valence-corrected chi connectivity index (χ2v) is 8.65. The molecule has 2 N–H and O–H groups in total. The lowest BCUT2D eigenvalue weighted by Crippen LogP contribution is -2.15. The molecule has 4 rings (SSSR count). The molecule has 0 spiro atoms. The van der Waals surface area contributed by atoms with Crippen LogP contribution in [0.5, 0.6) is 11.5 Å². The highest BCUT2D eigenvalue weighted by Crippen LogP contribution is 2.27. The Morgan fingerprint density at radius 3 is 2.37 bits per heavy atom. The number of carbonyl (C=O) groups is 1. The van der Waals surface area contributed by atoms with E-state index < -0.39 is 0 Å². The van der Waals surface area contributed by atoms with Crippen molar-refractivity contribution in [2.45, 2.75) is 11.7 Å². The lowest BCUT2D eigenvalue weighted by molar-refractivity contribution is -0.113. The predicted octanol–water partition coefficient (Wildman–Crippen LogP) is 5.28. The van der Waals surface area contributed by atoms with Crippen LogP contribution in [0, 0.1) is 0 Å². The van der Waals surface area contributed by atoms with Crippen LogP contribution in [-0.2, 0) is 11.3 Å². The normalized spacial score (nSPS) is 10.6. The van der Waals surface area contributed by atoms with E-state index in [4.69, 9.17) is 21.1 Å². The standard InChI is InChI=1S/C25H24ClN5O3S/c1-33-18-13-11-17(12-14-18)31-23(15-27-20-8-4-3-7-19(20)26)29-30-25(31)35-16-24(32)28-21-9-5-6-10-22(21)34-2/h3-14,27H,15-16H2,1-2H3,(H,28,32). The van der Waals surface area contributed by atoms with Gasteiger partial charge in [-0.3, -0.25) is 9.36 Å². The van der Waals surface area contributed by atoms with Gasteiger partial charge in [-0.25, -0.2) is 0 Å². The fourth-order valence-corrected chi connectivity index (χ4v) is 4.32.